The molecule has 1 amide bonds. The van der Waals surface area contributed by atoms with E-state index >= 15 is 0 Å². The van der Waals surface area contributed by atoms with E-state index in [1.807, 2.05) is 17.9 Å². The fraction of sp³-hybridized carbons (Fsp3) is 0.550. The number of aromatic nitrogens is 4. The summed E-state index contributed by atoms with van der Waals surface area (Å²) in [6.07, 6.45) is 1.54. The van der Waals surface area contributed by atoms with Gasteiger partial charge in [0.05, 0.1) is 25.3 Å². The highest BCUT2D eigenvalue weighted by atomic mass is 16.6. The highest BCUT2D eigenvalue weighted by molar-refractivity contribution is 5.74. The van der Waals surface area contributed by atoms with Crippen molar-refractivity contribution < 1.29 is 19.1 Å². The number of H-pyrrole nitrogens is 1. The Kier molecular flexibility index (Phi) is 6.62. The lowest BCUT2D eigenvalue weighted by Crippen LogP contribution is -2.53. The molecule has 0 aromatic carbocycles. The van der Waals surface area contributed by atoms with Crippen LogP contribution in [0.1, 0.15) is 32.9 Å². The third kappa shape index (κ3) is 6.30. The number of methoxy groups -OCH3 is 1. The van der Waals surface area contributed by atoms with Crippen molar-refractivity contribution >= 4 is 29.6 Å². The molecule has 1 aliphatic rings. The van der Waals surface area contributed by atoms with Gasteiger partial charge >= 0.3 is 12.1 Å². The molecule has 2 aromatic rings. The molecule has 0 unspecified atom stereocenters. The first kappa shape index (κ1) is 22.3. The molecule has 0 radical (unpaired) electrons. The van der Waals surface area contributed by atoms with Gasteiger partial charge < -0.3 is 25.0 Å². The summed E-state index contributed by atoms with van der Waals surface area (Å²) in [5, 5.41) is 12.7. The van der Waals surface area contributed by atoms with E-state index in [-0.39, 0.29) is 12.0 Å². The summed E-state index contributed by atoms with van der Waals surface area (Å²) in [6, 6.07) is 3.26. The first-order valence-corrected chi connectivity index (χ1v) is 10.1. The SMILES string of the molecule is COC(=O)[C@H]1C[C@@H](NC(=O)OC(C)(C)C)CN(c2nc(C)cc(Nc3ccn[nH]3)n2)C1. The Hall–Kier alpha value is -3.37. The van der Waals surface area contributed by atoms with E-state index in [9.17, 15) is 9.59 Å². The number of nitrogens with zero attached hydrogens (tertiary/aromatic N) is 4. The van der Waals surface area contributed by atoms with Crippen LogP contribution in [0.2, 0.25) is 0 Å². The van der Waals surface area contributed by atoms with Crippen molar-refractivity contribution in [1.82, 2.24) is 25.5 Å². The van der Waals surface area contributed by atoms with Crippen LogP contribution in [-0.2, 0) is 14.3 Å². The molecule has 2 aromatic heterocycles. The molecule has 11 nitrogen and oxygen atoms in total. The first-order chi connectivity index (χ1) is 14.6. The van der Waals surface area contributed by atoms with Crippen LogP contribution in [0.5, 0.6) is 0 Å². The smallest absolute Gasteiger partial charge is 0.407 e. The van der Waals surface area contributed by atoms with Gasteiger partial charge in [0.15, 0.2) is 0 Å². The number of carbonyl (C=O) groups is 2. The van der Waals surface area contributed by atoms with Crippen molar-refractivity contribution in [3.05, 3.63) is 24.0 Å². The van der Waals surface area contributed by atoms with E-state index in [1.165, 1.54) is 7.11 Å². The van der Waals surface area contributed by atoms with E-state index in [2.05, 4.69) is 30.8 Å². The number of carbonyl (C=O) groups excluding carboxylic acids is 2. The predicted octanol–water partition coefficient (Wildman–Crippen LogP) is 2.14. The van der Waals surface area contributed by atoms with E-state index in [0.717, 1.165) is 5.69 Å². The Morgan fingerprint density at radius 1 is 1.26 bits per heavy atom. The second-order valence-corrected chi connectivity index (χ2v) is 8.49. The molecule has 0 bridgehead atoms. The lowest BCUT2D eigenvalue weighted by molar-refractivity contribution is -0.146. The van der Waals surface area contributed by atoms with E-state index in [4.69, 9.17) is 9.47 Å². The quantitative estimate of drug-likeness (QED) is 0.609. The summed E-state index contributed by atoms with van der Waals surface area (Å²) < 4.78 is 10.3. The number of aryl methyl sites for hydroxylation is 1. The minimum atomic E-state index is -0.618. The molecule has 0 spiro atoms. The average Bonchev–Trinajstić information content (AvgIpc) is 3.18. The van der Waals surface area contributed by atoms with Gasteiger partial charge in [-0.05, 0) is 34.1 Å². The van der Waals surface area contributed by atoms with E-state index in [1.54, 1.807) is 33.0 Å². The number of esters is 1. The fourth-order valence-electron chi connectivity index (χ4n) is 3.40. The van der Waals surface area contributed by atoms with Crippen LogP contribution in [0.15, 0.2) is 18.3 Å². The first-order valence-electron chi connectivity index (χ1n) is 10.1. The Balaban J connectivity index is 1.80. The highest BCUT2D eigenvalue weighted by Gasteiger charge is 2.35. The second kappa shape index (κ2) is 9.19. The molecule has 11 heteroatoms. The summed E-state index contributed by atoms with van der Waals surface area (Å²) >= 11 is 0. The van der Waals surface area contributed by atoms with Crippen molar-refractivity contribution in [2.45, 2.75) is 45.8 Å². The fourth-order valence-corrected chi connectivity index (χ4v) is 3.40. The minimum Gasteiger partial charge on any atom is -0.469 e. The number of ether oxygens (including phenoxy) is 2. The number of amides is 1. The zero-order valence-corrected chi connectivity index (χ0v) is 18.4. The largest absolute Gasteiger partial charge is 0.469 e. The van der Waals surface area contributed by atoms with Crippen molar-refractivity contribution in [2.75, 3.05) is 30.4 Å². The lowest BCUT2D eigenvalue weighted by atomic mass is 9.94. The number of aromatic amines is 1. The van der Waals surface area contributed by atoms with Crippen molar-refractivity contribution in [1.29, 1.82) is 0 Å². The molecule has 0 aliphatic carbocycles. The molecule has 1 aliphatic heterocycles. The monoisotopic (exact) mass is 431 g/mol. The third-order valence-electron chi connectivity index (χ3n) is 4.59. The van der Waals surface area contributed by atoms with Gasteiger partial charge in [0.2, 0.25) is 5.95 Å². The van der Waals surface area contributed by atoms with Crippen LogP contribution >= 0.6 is 0 Å². The number of anilines is 3. The molecule has 1 saturated heterocycles. The molecule has 31 heavy (non-hydrogen) atoms. The molecular formula is C20H29N7O4. The number of nitrogens with one attached hydrogen (secondary N) is 3. The standard InChI is InChI=1S/C20H29N7O4/c1-12-8-16(24-15-6-7-21-26-15)25-18(22-12)27-10-13(17(28)30-5)9-14(11-27)23-19(29)31-20(2,3)4/h6-8,13-14H,9-11H2,1-5H3,(H,23,29)(H2,21,22,24,25,26)/t13-,14+/m0/s1. The maximum Gasteiger partial charge on any atom is 0.407 e. The van der Waals surface area contributed by atoms with Crippen LogP contribution in [0.25, 0.3) is 0 Å². The molecule has 2 atom stereocenters. The Morgan fingerprint density at radius 3 is 2.68 bits per heavy atom. The molecule has 168 valence electrons. The van der Waals surface area contributed by atoms with Gasteiger partial charge in [0.25, 0.3) is 0 Å². The minimum absolute atomic E-state index is 0.333. The highest BCUT2D eigenvalue weighted by Crippen LogP contribution is 2.24. The summed E-state index contributed by atoms with van der Waals surface area (Å²) in [5.74, 6) is 0.950. The van der Waals surface area contributed by atoms with Crippen molar-refractivity contribution in [2.24, 2.45) is 5.92 Å². The van der Waals surface area contributed by atoms with Gasteiger partial charge in [0, 0.05) is 30.9 Å². The zero-order valence-electron chi connectivity index (χ0n) is 18.4. The van der Waals surface area contributed by atoms with Gasteiger partial charge in [-0.15, -0.1) is 0 Å². The van der Waals surface area contributed by atoms with Crippen molar-refractivity contribution in [3.63, 3.8) is 0 Å². The maximum atomic E-state index is 12.3. The summed E-state index contributed by atoms with van der Waals surface area (Å²) in [7, 11) is 1.35. The number of piperidine rings is 1. The summed E-state index contributed by atoms with van der Waals surface area (Å²) in [6.45, 7) is 8.07. The maximum absolute atomic E-state index is 12.3. The van der Waals surface area contributed by atoms with Crippen LogP contribution in [-0.4, -0.2) is 64.1 Å². The predicted molar refractivity (Wildman–Crippen MR) is 114 cm³/mol. The summed E-state index contributed by atoms with van der Waals surface area (Å²) in [5.41, 5.74) is 0.136. The number of hydrogen-bond acceptors (Lipinski definition) is 9. The van der Waals surface area contributed by atoms with Crippen molar-refractivity contribution in [3.8, 4) is 0 Å². The molecular weight excluding hydrogens is 402 g/mol. The van der Waals surface area contributed by atoms with Gasteiger partial charge in [-0.3, -0.25) is 9.89 Å². The molecule has 0 saturated carbocycles. The molecule has 1 fully saturated rings. The molecule has 3 heterocycles. The Labute approximate surface area is 180 Å². The Bertz CT molecular complexity index is 911. The summed E-state index contributed by atoms with van der Waals surface area (Å²) in [4.78, 5) is 35.6. The van der Waals surface area contributed by atoms with Crippen LogP contribution in [0.4, 0.5) is 22.4 Å². The zero-order chi connectivity index (χ0) is 22.6. The molecule has 3 rings (SSSR count). The topological polar surface area (TPSA) is 134 Å². The van der Waals surface area contributed by atoms with Crippen LogP contribution < -0.4 is 15.5 Å². The molecule has 3 N–H and O–H groups in total. The normalized spacial score (nSPS) is 18.9. The van der Waals surface area contributed by atoms with Gasteiger partial charge in [-0.1, -0.05) is 0 Å². The number of hydrogen-bond donors (Lipinski definition) is 3. The van der Waals surface area contributed by atoms with Crippen LogP contribution in [0, 0.1) is 12.8 Å². The van der Waals surface area contributed by atoms with Gasteiger partial charge in [-0.25, -0.2) is 9.78 Å². The average molecular weight is 431 g/mol. The number of alkyl carbamates (subject to hydrolysis) is 1. The van der Waals surface area contributed by atoms with E-state index in [0.29, 0.717) is 37.1 Å². The second-order valence-electron chi connectivity index (χ2n) is 8.49. The Morgan fingerprint density at radius 2 is 2.03 bits per heavy atom. The van der Waals surface area contributed by atoms with Gasteiger partial charge in [-0.2, -0.15) is 10.1 Å². The van der Waals surface area contributed by atoms with Crippen LogP contribution in [0.3, 0.4) is 0 Å². The number of rotatable bonds is 5. The van der Waals surface area contributed by atoms with E-state index < -0.39 is 17.6 Å². The third-order valence-corrected chi connectivity index (χ3v) is 4.59. The lowest BCUT2D eigenvalue weighted by Gasteiger charge is -2.37. The van der Waals surface area contributed by atoms with Gasteiger partial charge in [0.1, 0.15) is 17.2 Å².